The van der Waals surface area contributed by atoms with E-state index in [1.165, 1.54) is 0 Å². The summed E-state index contributed by atoms with van der Waals surface area (Å²) in [6, 6.07) is 11.4. The lowest BCUT2D eigenvalue weighted by Crippen LogP contribution is -2.20. The van der Waals surface area contributed by atoms with Gasteiger partial charge in [0.2, 0.25) is 0 Å². The van der Waals surface area contributed by atoms with Gasteiger partial charge >= 0.3 is 0 Å². The zero-order valence-corrected chi connectivity index (χ0v) is 11.8. The van der Waals surface area contributed by atoms with Crippen molar-refractivity contribution in [2.24, 2.45) is 0 Å². The van der Waals surface area contributed by atoms with Crippen LogP contribution in [0, 0.1) is 11.8 Å². The third-order valence-electron chi connectivity index (χ3n) is 2.14. The molecule has 0 unspecified atom stereocenters. The van der Waals surface area contributed by atoms with Gasteiger partial charge in [-0.25, -0.2) is 0 Å². The highest BCUT2D eigenvalue weighted by molar-refractivity contribution is 9.10. The Kier molecular flexibility index (Phi) is 4.57. The number of rotatable bonds is 2. The molecule has 4 heteroatoms. The molecule has 2 rings (SSSR count). The van der Waals surface area contributed by atoms with Gasteiger partial charge in [0.25, 0.3) is 5.91 Å². The highest BCUT2D eigenvalue weighted by Crippen LogP contribution is 2.19. The Balaban J connectivity index is 1.88. The smallest absolute Gasteiger partial charge is 0.296 e. The summed E-state index contributed by atoms with van der Waals surface area (Å²) >= 11 is 4.97. The summed E-state index contributed by atoms with van der Waals surface area (Å²) in [5.41, 5.74) is 0.839. The van der Waals surface area contributed by atoms with E-state index in [4.69, 9.17) is 0 Å². The second-order valence-corrected chi connectivity index (χ2v) is 5.44. The van der Waals surface area contributed by atoms with Crippen LogP contribution in [0.15, 0.2) is 46.3 Å². The lowest BCUT2D eigenvalue weighted by molar-refractivity contribution is -0.115. The molecule has 1 aromatic carbocycles. The Morgan fingerprint density at radius 1 is 1.33 bits per heavy atom. The van der Waals surface area contributed by atoms with Crippen LogP contribution in [-0.4, -0.2) is 5.91 Å². The molecule has 0 saturated carbocycles. The van der Waals surface area contributed by atoms with E-state index in [1.54, 1.807) is 11.3 Å². The number of nitrogens with one attached hydrogen (secondary N) is 1. The molecule has 1 N–H and O–H groups in total. The first-order valence-electron chi connectivity index (χ1n) is 5.32. The summed E-state index contributed by atoms with van der Waals surface area (Å²) in [5.74, 6) is 5.13. The van der Waals surface area contributed by atoms with Gasteiger partial charge in [-0.2, -0.15) is 0 Å². The maximum absolute atomic E-state index is 11.5. The van der Waals surface area contributed by atoms with Crippen LogP contribution >= 0.6 is 27.3 Å². The van der Waals surface area contributed by atoms with Gasteiger partial charge in [-0.05, 0) is 34.1 Å². The monoisotopic (exact) mass is 319 g/mol. The molecular weight excluding hydrogens is 310 g/mol. The second-order valence-electron chi connectivity index (χ2n) is 3.53. The Labute approximate surface area is 118 Å². The number of thiophene rings is 1. The number of carbonyl (C=O) groups excluding carboxylic acids is 1. The number of carbonyl (C=O) groups is 1. The average molecular weight is 320 g/mol. The van der Waals surface area contributed by atoms with Crippen LogP contribution in [0.25, 0.3) is 0 Å². The zero-order chi connectivity index (χ0) is 12.8. The fourth-order valence-corrected chi connectivity index (χ4v) is 2.70. The first-order chi connectivity index (χ1) is 8.74. The van der Waals surface area contributed by atoms with Crippen molar-refractivity contribution in [2.75, 3.05) is 0 Å². The first kappa shape index (κ1) is 12.9. The molecule has 2 nitrogen and oxygen atoms in total. The predicted octanol–water partition coefficient (Wildman–Crippen LogP) is 3.18. The second kappa shape index (κ2) is 6.39. The van der Waals surface area contributed by atoms with Crippen LogP contribution in [0.3, 0.4) is 0 Å². The van der Waals surface area contributed by atoms with Crippen LogP contribution in [0.1, 0.15) is 10.4 Å². The fourth-order valence-electron chi connectivity index (χ4n) is 1.31. The highest BCUT2D eigenvalue weighted by atomic mass is 79.9. The summed E-state index contributed by atoms with van der Waals surface area (Å²) in [6.07, 6.45) is 0. The molecule has 2 aromatic rings. The van der Waals surface area contributed by atoms with E-state index in [9.17, 15) is 4.79 Å². The van der Waals surface area contributed by atoms with Crippen LogP contribution in [0.4, 0.5) is 0 Å². The zero-order valence-electron chi connectivity index (χ0n) is 9.44. The van der Waals surface area contributed by atoms with E-state index in [2.05, 4.69) is 33.1 Å². The quantitative estimate of drug-likeness (QED) is 0.846. The van der Waals surface area contributed by atoms with Crippen molar-refractivity contribution in [2.45, 2.75) is 6.54 Å². The Hall–Kier alpha value is -1.57. The fraction of sp³-hybridized carbons (Fsp3) is 0.0714. The van der Waals surface area contributed by atoms with E-state index >= 15 is 0 Å². The largest absolute Gasteiger partial charge is 0.340 e. The summed E-state index contributed by atoms with van der Waals surface area (Å²) in [5, 5.41) is 4.74. The summed E-state index contributed by atoms with van der Waals surface area (Å²) in [6.45, 7) is 0.512. The maximum atomic E-state index is 11.5. The molecule has 0 aliphatic heterocycles. The van der Waals surface area contributed by atoms with Crippen molar-refractivity contribution >= 4 is 33.2 Å². The number of amides is 1. The van der Waals surface area contributed by atoms with Crippen LogP contribution in [-0.2, 0) is 11.3 Å². The summed E-state index contributed by atoms with van der Waals surface area (Å²) in [4.78, 5) is 12.6. The van der Waals surface area contributed by atoms with Gasteiger partial charge in [-0.3, -0.25) is 4.79 Å². The minimum Gasteiger partial charge on any atom is -0.340 e. The van der Waals surface area contributed by atoms with Gasteiger partial charge in [0.1, 0.15) is 0 Å². The molecular formula is C14H10BrNOS. The van der Waals surface area contributed by atoms with E-state index in [1.807, 2.05) is 41.8 Å². The van der Waals surface area contributed by atoms with Gasteiger partial charge in [0.15, 0.2) is 0 Å². The van der Waals surface area contributed by atoms with Crippen molar-refractivity contribution in [1.29, 1.82) is 0 Å². The molecule has 0 saturated heterocycles. The van der Waals surface area contributed by atoms with E-state index < -0.39 is 0 Å². The van der Waals surface area contributed by atoms with E-state index in [-0.39, 0.29) is 5.91 Å². The number of halogens is 1. The van der Waals surface area contributed by atoms with E-state index in [0.29, 0.717) is 6.54 Å². The molecule has 0 radical (unpaired) electrons. The molecule has 18 heavy (non-hydrogen) atoms. The third-order valence-corrected chi connectivity index (χ3v) is 3.84. The maximum Gasteiger partial charge on any atom is 0.296 e. The van der Waals surface area contributed by atoms with Crippen LogP contribution in [0.2, 0.25) is 0 Å². The molecule has 0 spiro atoms. The minimum absolute atomic E-state index is 0.261. The van der Waals surface area contributed by atoms with Gasteiger partial charge in [0, 0.05) is 26.2 Å². The van der Waals surface area contributed by atoms with E-state index in [0.717, 1.165) is 14.9 Å². The molecule has 0 aliphatic rings. The third kappa shape index (κ3) is 4.02. The first-order valence-corrected chi connectivity index (χ1v) is 6.99. The highest BCUT2D eigenvalue weighted by Gasteiger charge is 1.99. The van der Waals surface area contributed by atoms with Crippen molar-refractivity contribution in [3.05, 3.63) is 56.7 Å². The van der Waals surface area contributed by atoms with Crippen molar-refractivity contribution < 1.29 is 4.79 Å². The Bertz CT molecular complexity index is 595. The molecule has 1 heterocycles. The summed E-state index contributed by atoms with van der Waals surface area (Å²) < 4.78 is 1.03. The number of hydrogen-bond donors (Lipinski definition) is 1. The lowest BCUT2D eigenvalue weighted by Gasteiger charge is -1.96. The van der Waals surface area contributed by atoms with Gasteiger partial charge in [-0.1, -0.05) is 24.1 Å². The normalized spacial score (nSPS) is 9.39. The predicted molar refractivity (Wildman–Crippen MR) is 77.2 cm³/mol. The molecule has 0 aliphatic carbocycles. The standard InChI is InChI=1S/C14H10BrNOS/c15-12-8-13(18-10-12)9-16-14(17)7-6-11-4-2-1-3-5-11/h1-5,8,10H,9H2,(H,16,17). The minimum atomic E-state index is -0.261. The molecule has 90 valence electrons. The average Bonchev–Trinajstić information content (AvgIpc) is 2.81. The van der Waals surface area contributed by atoms with Crippen molar-refractivity contribution in [3.63, 3.8) is 0 Å². The van der Waals surface area contributed by atoms with Crippen molar-refractivity contribution in [3.8, 4) is 11.8 Å². The summed E-state index contributed by atoms with van der Waals surface area (Å²) in [7, 11) is 0. The van der Waals surface area contributed by atoms with Gasteiger partial charge in [-0.15, -0.1) is 11.3 Å². The van der Waals surface area contributed by atoms with Gasteiger partial charge < -0.3 is 5.32 Å². The molecule has 0 atom stereocenters. The Morgan fingerprint density at radius 2 is 2.11 bits per heavy atom. The van der Waals surface area contributed by atoms with Crippen LogP contribution in [0.5, 0.6) is 0 Å². The number of hydrogen-bond acceptors (Lipinski definition) is 2. The van der Waals surface area contributed by atoms with Crippen molar-refractivity contribution in [1.82, 2.24) is 5.32 Å². The van der Waals surface area contributed by atoms with Gasteiger partial charge in [0.05, 0.1) is 6.54 Å². The molecule has 0 bridgehead atoms. The van der Waals surface area contributed by atoms with Crippen LogP contribution < -0.4 is 5.32 Å². The topological polar surface area (TPSA) is 29.1 Å². The number of benzene rings is 1. The molecule has 1 aromatic heterocycles. The Morgan fingerprint density at radius 3 is 2.78 bits per heavy atom. The molecule has 0 fully saturated rings. The molecule has 1 amide bonds. The lowest BCUT2D eigenvalue weighted by atomic mass is 10.2. The SMILES string of the molecule is O=C(C#Cc1ccccc1)NCc1cc(Br)cs1.